The Morgan fingerprint density at radius 1 is 1.13 bits per heavy atom. The maximum absolute atomic E-state index is 13.8. The molecule has 1 aliphatic rings. The van der Waals surface area contributed by atoms with Crippen LogP contribution in [0.3, 0.4) is 0 Å². The van der Waals surface area contributed by atoms with Crippen LogP contribution in [0.1, 0.15) is 11.3 Å². The molecule has 1 saturated heterocycles. The Balaban J connectivity index is 1.26. The molecule has 8 heteroatoms. The molecule has 0 aliphatic carbocycles. The fraction of sp³-hybridized carbons (Fsp3) is 0.304. The molecule has 31 heavy (non-hydrogen) atoms. The van der Waals surface area contributed by atoms with Crippen LogP contribution in [0, 0.1) is 5.82 Å². The van der Waals surface area contributed by atoms with Gasteiger partial charge in [-0.25, -0.2) is 9.37 Å². The molecule has 1 aromatic heterocycles. The molecule has 4 rings (SSSR count). The van der Waals surface area contributed by atoms with E-state index in [0.717, 1.165) is 34.6 Å². The van der Waals surface area contributed by atoms with Crippen molar-refractivity contribution < 1.29 is 13.9 Å². The number of aromatic nitrogens is 1. The van der Waals surface area contributed by atoms with Crippen LogP contribution in [-0.2, 0) is 17.0 Å². The number of anilines is 1. The first kappa shape index (κ1) is 21.6. The lowest BCUT2D eigenvalue weighted by atomic mass is 10.2. The summed E-state index contributed by atoms with van der Waals surface area (Å²) in [6.07, 6.45) is 0.305. The fourth-order valence-corrected chi connectivity index (χ4v) is 5.30. The van der Waals surface area contributed by atoms with Crippen molar-refractivity contribution in [2.75, 3.05) is 38.2 Å². The van der Waals surface area contributed by atoms with Crippen LogP contribution >= 0.6 is 23.1 Å². The van der Waals surface area contributed by atoms with Crippen LogP contribution in [-0.4, -0.2) is 49.1 Å². The van der Waals surface area contributed by atoms with E-state index in [1.807, 2.05) is 40.6 Å². The highest BCUT2D eigenvalue weighted by molar-refractivity contribution is 8.00. The van der Waals surface area contributed by atoms with E-state index in [1.54, 1.807) is 19.2 Å². The summed E-state index contributed by atoms with van der Waals surface area (Å²) in [7, 11) is 1.66. The summed E-state index contributed by atoms with van der Waals surface area (Å²) >= 11 is 3.00. The number of thiazole rings is 1. The number of hydrogen-bond acceptors (Lipinski definition) is 6. The van der Waals surface area contributed by atoms with Crippen LogP contribution in [0.4, 0.5) is 10.1 Å². The Morgan fingerprint density at radius 3 is 2.58 bits per heavy atom. The van der Waals surface area contributed by atoms with E-state index in [9.17, 15) is 9.18 Å². The quantitative estimate of drug-likeness (QED) is 0.490. The molecule has 162 valence electrons. The number of ether oxygens (including phenoxy) is 1. The lowest BCUT2D eigenvalue weighted by Crippen LogP contribution is -2.49. The molecule has 0 bridgehead atoms. The van der Waals surface area contributed by atoms with Crippen LogP contribution < -0.4 is 9.64 Å². The second-order valence-corrected chi connectivity index (χ2v) is 9.31. The van der Waals surface area contributed by atoms with Crippen LogP contribution in [0.2, 0.25) is 0 Å². The van der Waals surface area contributed by atoms with Gasteiger partial charge >= 0.3 is 0 Å². The van der Waals surface area contributed by atoms with Crippen molar-refractivity contribution in [2.45, 2.75) is 16.5 Å². The summed E-state index contributed by atoms with van der Waals surface area (Å²) in [6, 6.07) is 14.8. The third-order valence-corrected chi connectivity index (χ3v) is 7.36. The molecule has 1 aliphatic heterocycles. The first-order valence-corrected chi connectivity index (χ1v) is 12.0. The highest BCUT2D eigenvalue weighted by Gasteiger charge is 2.22. The molecule has 0 radical (unpaired) electrons. The van der Waals surface area contributed by atoms with Gasteiger partial charge < -0.3 is 14.5 Å². The topological polar surface area (TPSA) is 45.7 Å². The minimum absolute atomic E-state index is 0.102. The van der Waals surface area contributed by atoms with Crippen molar-refractivity contribution in [2.24, 2.45) is 0 Å². The molecule has 1 amide bonds. The fourth-order valence-electron chi connectivity index (χ4n) is 3.46. The SMILES string of the molecule is COc1ccc(N2CCN(C(=O)Cc3csc(SCc4ccccc4F)n3)CC2)cc1. The van der Waals surface area contributed by atoms with E-state index in [-0.39, 0.29) is 11.7 Å². The van der Waals surface area contributed by atoms with Crippen LogP contribution in [0.25, 0.3) is 0 Å². The lowest BCUT2D eigenvalue weighted by Gasteiger charge is -2.36. The Kier molecular flexibility index (Phi) is 7.09. The minimum atomic E-state index is -0.198. The zero-order valence-corrected chi connectivity index (χ0v) is 18.9. The Labute approximate surface area is 189 Å². The molecular weight excluding hydrogens is 433 g/mol. The minimum Gasteiger partial charge on any atom is -0.497 e. The third kappa shape index (κ3) is 5.57. The molecule has 0 atom stereocenters. The van der Waals surface area contributed by atoms with Crippen molar-refractivity contribution in [3.05, 3.63) is 71.0 Å². The largest absolute Gasteiger partial charge is 0.497 e. The second-order valence-electron chi connectivity index (χ2n) is 7.23. The third-order valence-electron chi connectivity index (χ3n) is 5.24. The number of piperazine rings is 1. The molecule has 2 heterocycles. The number of rotatable bonds is 7. The van der Waals surface area contributed by atoms with E-state index in [4.69, 9.17) is 4.74 Å². The first-order chi connectivity index (χ1) is 15.1. The van der Waals surface area contributed by atoms with Crippen molar-refractivity contribution in [1.29, 1.82) is 0 Å². The zero-order chi connectivity index (χ0) is 21.6. The summed E-state index contributed by atoms with van der Waals surface area (Å²) in [5.41, 5.74) is 2.59. The maximum atomic E-state index is 13.8. The number of nitrogens with zero attached hydrogens (tertiary/aromatic N) is 3. The molecule has 1 fully saturated rings. The van der Waals surface area contributed by atoms with Gasteiger partial charge in [-0.2, -0.15) is 0 Å². The second kappa shape index (κ2) is 10.2. The summed E-state index contributed by atoms with van der Waals surface area (Å²) < 4.78 is 19.8. The zero-order valence-electron chi connectivity index (χ0n) is 17.3. The first-order valence-electron chi connectivity index (χ1n) is 10.1. The van der Waals surface area contributed by atoms with E-state index in [2.05, 4.69) is 9.88 Å². The highest BCUT2D eigenvalue weighted by atomic mass is 32.2. The van der Waals surface area contributed by atoms with E-state index in [1.165, 1.54) is 29.2 Å². The van der Waals surface area contributed by atoms with Crippen molar-refractivity contribution in [3.63, 3.8) is 0 Å². The summed E-state index contributed by atoms with van der Waals surface area (Å²) in [6.45, 7) is 3.01. The molecule has 2 aromatic carbocycles. The van der Waals surface area contributed by atoms with Crippen molar-refractivity contribution in [1.82, 2.24) is 9.88 Å². The van der Waals surface area contributed by atoms with Gasteiger partial charge in [-0.05, 0) is 35.9 Å². The number of carbonyl (C=O) groups is 1. The Hall–Kier alpha value is -2.58. The van der Waals surface area contributed by atoms with Gasteiger partial charge in [-0.15, -0.1) is 11.3 Å². The summed E-state index contributed by atoms with van der Waals surface area (Å²) in [4.78, 5) is 21.5. The van der Waals surface area contributed by atoms with Gasteiger partial charge in [0.2, 0.25) is 5.91 Å². The van der Waals surface area contributed by atoms with E-state index < -0.39 is 0 Å². The van der Waals surface area contributed by atoms with Crippen molar-refractivity contribution in [3.8, 4) is 5.75 Å². The van der Waals surface area contributed by atoms with Gasteiger partial charge in [-0.1, -0.05) is 30.0 Å². The predicted molar refractivity (Wildman–Crippen MR) is 124 cm³/mol. The number of carbonyl (C=O) groups excluding carboxylic acids is 1. The van der Waals surface area contributed by atoms with Gasteiger partial charge in [0.15, 0.2) is 0 Å². The van der Waals surface area contributed by atoms with Gasteiger partial charge in [0.25, 0.3) is 0 Å². The summed E-state index contributed by atoms with van der Waals surface area (Å²) in [5, 5.41) is 1.93. The molecule has 0 spiro atoms. The van der Waals surface area contributed by atoms with Crippen molar-refractivity contribution >= 4 is 34.7 Å². The Morgan fingerprint density at radius 2 is 1.87 bits per heavy atom. The summed E-state index contributed by atoms with van der Waals surface area (Å²) in [5.74, 6) is 1.27. The lowest BCUT2D eigenvalue weighted by molar-refractivity contribution is -0.130. The Bertz CT molecular complexity index is 1020. The van der Waals surface area contributed by atoms with E-state index >= 15 is 0 Å². The number of amides is 1. The number of methoxy groups -OCH3 is 1. The average Bonchev–Trinajstić information content (AvgIpc) is 3.26. The maximum Gasteiger partial charge on any atom is 0.228 e. The number of hydrogen-bond donors (Lipinski definition) is 0. The normalized spacial score (nSPS) is 14.0. The monoisotopic (exact) mass is 457 g/mol. The average molecular weight is 458 g/mol. The smallest absolute Gasteiger partial charge is 0.228 e. The standard InChI is InChI=1S/C23H24FN3O2S2/c1-29-20-8-6-19(7-9-20)26-10-12-27(13-11-26)22(28)14-18-16-31-23(25-18)30-15-17-4-2-3-5-21(17)24/h2-9,16H,10-15H2,1H3. The molecule has 0 saturated carbocycles. The van der Waals surface area contributed by atoms with Gasteiger partial charge in [0.05, 0.1) is 19.2 Å². The van der Waals surface area contributed by atoms with Gasteiger partial charge in [0.1, 0.15) is 15.9 Å². The van der Waals surface area contributed by atoms with Gasteiger partial charge in [0, 0.05) is 43.0 Å². The molecule has 3 aromatic rings. The molecule has 0 unspecified atom stereocenters. The number of halogens is 1. The number of thioether (sulfide) groups is 1. The van der Waals surface area contributed by atoms with E-state index in [0.29, 0.717) is 30.8 Å². The molecule has 0 N–H and O–H groups in total. The molecular formula is C23H24FN3O2S2. The van der Waals surface area contributed by atoms with Crippen LogP contribution in [0.15, 0.2) is 58.3 Å². The number of benzene rings is 2. The molecule has 5 nitrogen and oxygen atoms in total. The van der Waals surface area contributed by atoms with Gasteiger partial charge in [-0.3, -0.25) is 4.79 Å². The highest BCUT2D eigenvalue weighted by Crippen LogP contribution is 2.27. The van der Waals surface area contributed by atoms with Crippen LogP contribution in [0.5, 0.6) is 5.75 Å². The predicted octanol–water partition coefficient (Wildman–Crippen LogP) is 4.47.